The molecule has 0 saturated heterocycles. The van der Waals surface area contributed by atoms with Crippen LogP contribution in [-0.2, 0) is 17.8 Å². The molecule has 0 fully saturated rings. The zero-order valence-electron chi connectivity index (χ0n) is 17.2. The van der Waals surface area contributed by atoms with Crippen LogP contribution in [0.25, 0.3) is 0 Å². The number of hydrogen-bond acceptors (Lipinski definition) is 3. The molecule has 1 unspecified atom stereocenters. The van der Waals surface area contributed by atoms with Gasteiger partial charge in [0.05, 0.1) is 27.3 Å². The Morgan fingerprint density at radius 2 is 1.82 bits per heavy atom. The van der Waals surface area contributed by atoms with Crippen molar-refractivity contribution in [3.63, 3.8) is 0 Å². The first kappa shape index (κ1) is 20.2. The first-order valence-corrected chi connectivity index (χ1v) is 9.94. The lowest BCUT2D eigenvalue weighted by Crippen LogP contribution is -3.12. The van der Waals surface area contributed by atoms with Crippen LogP contribution < -0.4 is 19.7 Å². The lowest BCUT2D eigenvalue weighted by molar-refractivity contribution is -0.945. The van der Waals surface area contributed by atoms with Crippen LogP contribution in [0.1, 0.15) is 36.6 Å². The predicted molar refractivity (Wildman–Crippen MR) is 110 cm³/mol. The molecule has 0 aromatic heterocycles. The molecule has 2 aromatic rings. The van der Waals surface area contributed by atoms with Gasteiger partial charge in [-0.25, -0.2) is 0 Å². The molecule has 1 aliphatic rings. The van der Waals surface area contributed by atoms with Gasteiger partial charge in [0.2, 0.25) is 5.91 Å². The van der Waals surface area contributed by atoms with Crippen LogP contribution in [0.2, 0.25) is 0 Å². The van der Waals surface area contributed by atoms with Crippen LogP contribution >= 0.6 is 0 Å². The molecule has 0 aliphatic carbocycles. The molecule has 1 aliphatic heterocycles. The summed E-state index contributed by atoms with van der Waals surface area (Å²) < 4.78 is 11.0. The van der Waals surface area contributed by atoms with E-state index in [2.05, 4.69) is 41.7 Å². The fourth-order valence-corrected chi connectivity index (χ4v) is 3.90. The van der Waals surface area contributed by atoms with Crippen LogP contribution in [0.3, 0.4) is 0 Å². The Labute approximate surface area is 167 Å². The number of quaternary nitrogens is 1. The topological polar surface area (TPSA) is 52.0 Å². The van der Waals surface area contributed by atoms with E-state index >= 15 is 0 Å². The van der Waals surface area contributed by atoms with E-state index in [0.717, 1.165) is 31.0 Å². The van der Waals surface area contributed by atoms with E-state index in [9.17, 15) is 4.79 Å². The quantitative estimate of drug-likeness (QED) is 0.770. The predicted octanol–water partition coefficient (Wildman–Crippen LogP) is 2.16. The van der Waals surface area contributed by atoms with Crippen LogP contribution in [-0.4, -0.2) is 33.2 Å². The molecule has 150 valence electrons. The van der Waals surface area contributed by atoms with E-state index in [-0.39, 0.29) is 17.9 Å². The largest absolute Gasteiger partial charge is 0.493 e. The zero-order valence-corrected chi connectivity index (χ0v) is 17.2. The third-order valence-electron chi connectivity index (χ3n) is 5.51. The minimum Gasteiger partial charge on any atom is -0.493 e. The van der Waals surface area contributed by atoms with Gasteiger partial charge in [-0.05, 0) is 17.7 Å². The standard InChI is InChI=1S/C23H30N2O3/c1-16(2)23(26)24-14-20-19-13-22(28-4)21(27-3)12-18(19)10-11-25(20)15-17-8-6-5-7-9-17/h5-9,12-13,16,20H,10-11,14-15H2,1-4H3,(H,24,26)/p+1/t20-/m0/s1. The highest BCUT2D eigenvalue weighted by Crippen LogP contribution is 2.34. The number of benzene rings is 2. The van der Waals surface area contributed by atoms with Crippen LogP contribution in [0, 0.1) is 5.92 Å². The lowest BCUT2D eigenvalue weighted by Gasteiger charge is -2.35. The monoisotopic (exact) mass is 383 g/mol. The highest BCUT2D eigenvalue weighted by molar-refractivity contribution is 5.77. The average Bonchev–Trinajstić information content (AvgIpc) is 2.72. The van der Waals surface area contributed by atoms with E-state index in [1.54, 1.807) is 14.2 Å². The molecule has 5 heteroatoms. The van der Waals surface area contributed by atoms with E-state index in [1.165, 1.54) is 21.6 Å². The molecule has 1 heterocycles. The van der Waals surface area contributed by atoms with Crippen molar-refractivity contribution in [2.24, 2.45) is 5.92 Å². The summed E-state index contributed by atoms with van der Waals surface area (Å²) in [5.74, 6) is 1.57. The molecular weight excluding hydrogens is 352 g/mol. The number of amides is 1. The van der Waals surface area contributed by atoms with Crippen LogP contribution in [0.5, 0.6) is 11.5 Å². The van der Waals surface area contributed by atoms with Crippen molar-refractivity contribution < 1.29 is 19.2 Å². The second-order valence-corrected chi connectivity index (χ2v) is 7.68. The number of nitrogens with one attached hydrogen (secondary N) is 2. The molecule has 2 atom stereocenters. The second-order valence-electron chi connectivity index (χ2n) is 7.68. The van der Waals surface area contributed by atoms with Gasteiger partial charge >= 0.3 is 0 Å². The molecule has 5 nitrogen and oxygen atoms in total. The molecular formula is C23H31N2O3+. The van der Waals surface area contributed by atoms with Crippen LogP contribution in [0.15, 0.2) is 42.5 Å². The smallest absolute Gasteiger partial charge is 0.222 e. The minimum absolute atomic E-state index is 0.0222. The molecule has 3 rings (SSSR count). The highest BCUT2D eigenvalue weighted by Gasteiger charge is 2.33. The Morgan fingerprint density at radius 3 is 2.46 bits per heavy atom. The van der Waals surface area contributed by atoms with Gasteiger partial charge in [-0.2, -0.15) is 0 Å². The first-order chi connectivity index (χ1) is 13.5. The average molecular weight is 384 g/mol. The van der Waals surface area contributed by atoms with Crippen molar-refractivity contribution in [2.75, 3.05) is 27.3 Å². The van der Waals surface area contributed by atoms with Gasteiger partial charge in [0.15, 0.2) is 11.5 Å². The minimum atomic E-state index is -0.0222. The summed E-state index contributed by atoms with van der Waals surface area (Å²) in [7, 11) is 3.33. The van der Waals surface area contributed by atoms with Crippen LogP contribution in [0.4, 0.5) is 0 Å². The Hall–Kier alpha value is -2.53. The third-order valence-corrected chi connectivity index (χ3v) is 5.51. The molecule has 0 saturated carbocycles. The van der Waals surface area contributed by atoms with Gasteiger partial charge in [0.25, 0.3) is 0 Å². The Kier molecular flexibility index (Phi) is 6.57. The summed E-state index contributed by atoms with van der Waals surface area (Å²) in [4.78, 5) is 13.7. The van der Waals surface area contributed by atoms with Gasteiger partial charge in [-0.15, -0.1) is 0 Å². The van der Waals surface area contributed by atoms with E-state index in [4.69, 9.17) is 9.47 Å². The third kappa shape index (κ3) is 4.47. The second kappa shape index (κ2) is 9.11. The maximum atomic E-state index is 12.2. The normalized spacial score (nSPS) is 18.5. The van der Waals surface area contributed by atoms with Crippen molar-refractivity contribution in [2.45, 2.75) is 32.9 Å². The van der Waals surface area contributed by atoms with Gasteiger partial charge in [-0.3, -0.25) is 4.79 Å². The maximum Gasteiger partial charge on any atom is 0.222 e. The number of fused-ring (bicyclic) bond motifs is 1. The Morgan fingerprint density at radius 1 is 1.14 bits per heavy atom. The first-order valence-electron chi connectivity index (χ1n) is 9.94. The van der Waals surface area contributed by atoms with Crippen molar-refractivity contribution in [3.05, 3.63) is 59.2 Å². The summed E-state index contributed by atoms with van der Waals surface area (Å²) in [6, 6.07) is 14.9. The summed E-state index contributed by atoms with van der Waals surface area (Å²) in [5.41, 5.74) is 3.82. The molecule has 2 N–H and O–H groups in total. The SMILES string of the molecule is COc1cc2c(cc1OC)[C@H](CNC(=O)C(C)C)[NH+](Cc1ccccc1)CC2. The van der Waals surface area contributed by atoms with Crippen molar-refractivity contribution >= 4 is 5.91 Å². The number of methoxy groups -OCH3 is 2. The van der Waals surface area contributed by atoms with Gasteiger partial charge in [0.1, 0.15) is 12.6 Å². The molecule has 28 heavy (non-hydrogen) atoms. The summed E-state index contributed by atoms with van der Waals surface area (Å²) in [6.07, 6.45) is 0.979. The Bertz CT molecular complexity index is 805. The number of rotatable bonds is 7. The fourth-order valence-electron chi connectivity index (χ4n) is 3.90. The lowest BCUT2D eigenvalue weighted by atomic mass is 9.91. The molecule has 0 radical (unpaired) electrons. The number of hydrogen-bond donors (Lipinski definition) is 2. The summed E-state index contributed by atoms with van der Waals surface area (Å²) >= 11 is 0. The van der Waals surface area contributed by atoms with Crippen molar-refractivity contribution in [1.29, 1.82) is 0 Å². The van der Waals surface area contributed by atoms with Gasteiger partial charge in [-0.1, -0.05) is 44.2 Å². The molecule has 0 bridgehead atoms. The maximum absolute atomic E-state index is 12.2. The Balaban J connectivity index is 1.92. The summed E-state index contributed by atoms with van der Waals surface area (Å²) in [5, 5.41) is 3.14. The number of carbonyl (C=O) groups excluding carboxylic acids is 1. The van der Waals surface area contributed by atoms with E-state index < -0.39 is 0 Å². The number of ether oxygens (including phenoxy) is 2. The molecule has 2 aromatic carbocycles. The molecule has 0 spiro atoms. The fraction of sp³-hybridized carbons (Fsp3) is 0.435. The molecule has 1 amide bonds. The van der Waals surface area contributed by atoms with Crippen molar-refractivity contribution in [3.8, 4) is 11.5 Å². The number of carbonyl (C=O) groups is 1. The van der Waals surface area contributed by atoms with E-state index in [1.807, 2.05) is 19.9 Å². The van der Waals surface area contributed by atoms with Crippen molar-refractivity contribution in [1.82, 2.24) is 5.32 Å². The van der Waals surface area contributed by atoms with Gasteiger partial charge in [0, 0.05) is 23.5 Å². The summed E-state index contributed by atoms with van der Waals surface area (Å²) in [6.45, 7) is 6.40. The van der Waals surface area contributed by atoms with E-state index in [0.29, 0.717) is 6.54 Å². The zero-order chi connectivity index (χ0) is 20.1. The van der Waals surface area contributed by atoms with Gasteiger partial charge < -0.3 is 19.7 Å². The highest BCUT2D eigenvalue weighted by atomic mass is 16.5.